The molecule has 0 saturated heterocycles. The molecule has 4 aromatic carbocycles. The summed E-state index contributed by atoms with van der Waals surface area (Å²) in [4.78, 5) is 19.5. The average molecular weight is 594 g/mol. The predicted molar refractivity (Wildman–Crippen MR) is 170 cm³/mol. The van der Waals surface area contributed by atoms with Crippen LogP contribution in [0.4, 0.5) is 8.78 Å². The Morgan fingerprint density at radius 2 is 1.36 bits per heavy atom. The molecular weight excluding hydrogens is 556 g/mol. The summed E-state index contributed by atoms with van der Waals surface area (Å²) < 4.78 is 32.5. The molecule has 0 saturated carbocycles. The molecule has 5 nitrogen and oxygen atoms in total. The Kier molecular flexibility index (Phi) is 10.3. The van der Waals surface area contributed by atoms with E-state index in [-0.39, 0.29) is 11.5 Å². The number of Topliss-reactive ketones (excluding diaryl/α,β-unsaturated/α-hetero) is 1. The maximum atomic E-state index is 12.8. The van der Waals surface area contributed by atoms with Crippen molar-refractivity contribution in [2.24, 2.45) is 0 Å². The highest BCUT2D eigenvalue weighted by Gasteiger charge is 2.22. The second-order valence-electron chi connectivity index (χ2n) is 10.9. The molecule has 0 atom stereocenters. The third-order valence-corrected chi connectivity index (χ3v) is 7.58. The van der Waals surface area contributed by atoms with Crippen LogP contribution in [0.15, 0.2) is 109 Å². The summed E-state index contributed by atoms with van der Waals surface area (Å²) in [7, 11) is 0. The summed E-state index contributed by atoms with van der Waals surface area (Å²) >= 11 is 0. The number of hydrogen-bond acceptors (Lipinski definition) is 4. The summed E-state index contributed by atoms with van der Waals surface area (Å²) in [6.45, 7) is 3.49. The number of nitrogens with zero attached hydrogens (tertiary/aromatic N) is 3. The zero-order valence-corrected chi connectivity index (χ0v) is 25.1. The standard InChI is InChI=1S/C37H37F2N3O2/c1-3-4-23-42-34(35(31-11-7-5-8-12-31)40-36(42)32-13-9-6-10-14-32)26-41(24-28-15-19-30(20-16-28)27(2)43)25-29-17-21-33(22-18-29)44-37(38)39/h5-22,37H,3-4,23-26H2,1-2H3. The number of carbonyl (C=O) groups is 1. The van der Waals surface area contributed by atoms with Gasteiger partial charge < -0.3 is 9.30 Å². The molecule has 0 N–H and O–H groups in total. The number of rotatable bonds is 14. The van der Waals surface area contributed by atoms with Gasteiger partial charge in [-0.2, -0.15) is 8.78 Å². The summed E-state index contributed by atoms with van der Waals surface area (Å²) in [5, 5.41) is 0. The van der Waals surface area contributed by atoms with Crippen LogP contribution in [0.3, 0.4) is 0 Å². The molecule has 0 unspecified atom stereocenters. The number of aromatic nitrogens is 2. The van der Waals surface area contributed by atoms with Crippen molar-refractivity contribution in [3.05, 3.63) is 132 Å². The van der Waals surface area contributed by atoms with Crippen molar-refractivity contribution in [3.63, 3.8) is 0 Å². The first kappa shape index (κ1) is 30.8. The summed E-state index contributed by atoms with van der Waals surface area (Å²) in [6, 6.07) is 35.1. The normalized spacial score (nSPS) is 11.3. The number of hydrogen-bond donors (Lipinski definition) is 0. The van der Waals surface area contributed by atoms with Crippen LogP contribution in [-0.2, 0) is 26.2 Å². The minimum atomic E-state index is -2.87. The number of ether oxygens (including phenoxy) is 1. The van der Waals surface area contributed by atoms with Crippen LogP contribution in [0.2, 0.25) is 0 Å². The van der Waals surface area contributed by atoms with Crippen LogP contribution < -0.4 is 4.74 Å². The highest BCUT2D eigenvalue weighted by atomic mass is 19.3. The smallest absolute Gasteiger partial charge is 0.387 e. The summed E-state index contributed by atoms with van der Waals surface area (Å²) in [5.41, 5.74) is 6.88. The van der Waals surface area contributed by atoms with Crippen molar-refractivity contribution < 1.29 is 18.3 Å². The molecule has 0 spiro atoms. The van der Waals surface area contributed by atoms with Gasteiger partial charge in [-0.3, -0.25) is 9.69 Å². The molecule has 0 amide bonds. The van der Waals surface area contributed by atoms with E-state index in [4.69, 9.17) is 4.98 Å². The van der Waals surface area contributed by atoms with Crippen molar-refractivity contribution in [3.8, 4) is 28.4 Å². The van der Waals surface area contributed by atoms with Crippen LogP contribution >= 0.6 is 0 Å². The number of alkyl halides is 2. The van der Waals surface area contributed by atoms with E-state index < -0.39 is 6.61 Å². The van der Waals surface area contributed by atoms with E-state index in [0.29, 0.717) is 25.2 Å². The van der Waals surface area contributed by atoms with Gasteiger partial charge in [-0.15, -0.1) is 0 Å². The maximum absolute atomic E-state index is 12.8. The zero-order chi connectivity index (χ0) is 30.9. The molecule has 226 valence electrons. The number of imidazole rings is 1. The van der Waals surface area contributed by atoms with Gasteiger partial charge in [0.2, 0.25) is 0 Å². The van der Waals surface area contributed by atoms with Crippen LogP contribution in [0, 0.1) is 0 Å². The zero-order valence-electron chi connectivity index (χ0n) is 25.1. The molecule has 0 fully saturated rings. The molecule has 44 heavy (non-hydrogen) atoms. The second-order valence-corrected chi connectivity index (χ2v) is 10.9. The number of ketones is 1. The Bertz CT molecular complexity index is 1630. The average Bonchev–Trinajstić information content (AvgIpc) is 3.39. The van der Waals surface area contributed by atoms with E-state index in [1.807, 2.05) is 72.8 Å². The topological polar surface area (TPSA) is 47.4 Å². The van der Waals surface area contributed by atoms with Crippen molar-refractivity contribution in [2.75, 3.05) is 0 Å². The summed E-state index contributed by atoms with van der Waals surface area (Å²) in [6.07, 6.45) is 2.06. The molecule has 0 aliphatic heterocycles. The van der Waals surface area contributed by atoms with E-state index in [1.165, 1.54) is 0 Å². The van der Waals surface area contributed by atoms with Crippen molar-refractivity contribution in [2.45, 2.75) is 59.5 Å². The largest absolute Gasteiger partial charge is 0.435 e. The molecule has 1 heterocycles. The third-order valence-electron chi connectivity index (χ3n) is 7.58. The van der Waals surface area contributed by atoms with Crippen molar-refractivity contribution in [1.82, 2.24) is 14.5 Å². The Morgan fingerprint density at radius 1 is 0.795 bits per heavy atom. The van der Waals surface area contributed by atoms with E-state index in [0.717, 1.165) is 58.9 Å². The van der Waals surface area contributed by atoms with Crippen molar-refractivity contribution in [1.29, 1.82) is 0 Å². The van der Waals surface area contributed by atoms with E-state index in [2.05, 4.69) is 45.4 Å². The summed E-state index contributed by atoms with van der Waals surface area (Å²) in [5.74, 6) is 1.10. The van der Waals surface area contributed by atoms with Crippen molar-refractivity contribution >= 4 is 5.78 Å². The lowest BCUT2D eigenvalue weighted by atomic mass is 10.1. The highest BCUT2D eigenvalue weighted by Crippen LogP contribution is 2.32. The minimum Gasteiger partial charge on any atom is -0.435 e. The predicted octanol–water partition coefficient (Wildman–Crippen LogP) is 9.02. The minimum absolute atomic E-state index is 0.0280. The number of unbranched alkanes of at least 4 members (excludes halogenated alkanes) is 1. The van der Waals surface area contributed by atoms with E-state index >= 15 is 0 Å². The van der Waals surface area contributed by atoms with Crippen LogP contribution in [0.5, 0.6) is 5.75 Å². The molecule has 0 aliphatic rings. The molecular formula is C37H37F2N3O2. The molecule has 5 rings (SSSR count). The molecule has 7 heteroatoms. The van der Waals surface area contributed by atoms with Crippen LogP contribution in [-0.4, -0.2) is 26.8 Å². The van der Waals surface area contributed by atoms with E-state index in [1.54, 1.807) is 19.1 Å². The first-order valence-corrected chi connectivity index (χ1v) is 15.0. The molecule has 0 radical (unpaired) electrons. The second kappa shape index (κ2) is 14.7. The van der Waals surface area contributed by atoms with Gasteiger partial charge in [-0.05, 0) is 36.6 Å². The fourth-order valence-electron chi connectivity index (χ4n) is 5.36. The number of carbonyl (C=O) groups excluding carboxylic acids is 1. The first-order valence-electron chi connectivity index (χ1n) is 15.0. The van der Waals surface area contributed by atoms with Gasteiger partial charge in [0.05, 0.1) is 11.4 Å². The lowest BCUT2D eigenvalue weighted by molar-refractivity contribution is -0.0498. The number of benzene rings is 4. The van der Waals surface area contributed by atoms with Gasteiger partial charge in [0.1, 0.15) is 11.6 Å². The molecule has 0 aliphatic carbocycles. The van der Waals surface area contributed by atoms with Gasteiger partial charge in [0.25, 0.3) is 0 Å². The fourth-order valence-corrected chi connectivity index (χ4v) is 5.36. The first-order chi connectivity index (χ1) is 21.4. The number of halogens is 2. The maximum Gasteiger partial charge on any atom is 0.387 e. The van der Waals surface area contributed by atoms with Gasteiger partial charge in [-0.1, -0.05) is 110 Å². The Hall–Kier alpha value is -4.62. The lowest BCUT2D eigenvalue weighted by Gasteiger charge is -2.25. The Balaban J connectivity index is 1.57. The Labute approximate surface area is 257 Å². The Morgan fingerprint density at radius 3 is 1.91 bits per heavy atom. The third kappa shape index (κ3) is 7.85. The van der Waals surface area contributed by atoms with Crippen LogP contribution in [0.1, 0.15) is 53.9 Å². The lowest BCUT2D eigenvalue weighted by Crippen LogP contribution is -2.24. The van der Waals surface area contributed by atoms with Gasteiger partial charge in [-0.25, -0.2) is 4.98 Å². The monoisotopic (exact) mass is 593 g/mol. The molecule has 1 aromatic heterocycles. The molecule has 5 aromatic rings. The SMILES string of the molecule is CCCCn1c(-c2ccccc2)nc(-c2ccccc2)c1CN(Cc1ccc(OC(F)F)cc1)Cc1ccc(C(C)=O)cc1. The highest BCUT2D eigenvalue weighted by molar-refractivity contribution is 5.94. The quantitative estimate of drug-likeness (QED) is 0.121. The van der Waals surface area contributed by atoms with Gasteiger partial charge in [0.15, 0.2) is 5.78 Å². The van der Waals surface area contributed by atoms with E-state index in [9.17, 15) is 13.6 Å². The fraction of sp³-hybridized carbons (Fsp3) is 0.243. The van der Waals surface area contributed by atoms with Gasteiger partial charge in [0, 0.05) is 42.9 Å². The van der Waals surface area contributed by atoms with Crippen LogP contribution in [0.25, 0.3) is 22.6 Å². The van der Waals surface area contributed by atoms with Gasteiger partial charge >= 0.3 is 6.61 Å². The molecule has 0 bridgehead atoms.